The Morgan fingerprint density at radius 1 is 1.21 bits per heavy atom. The summed E-state index contributed by atoms with van der Waals surface area (Å²) in [5.74, 6) is 1.18. The van der Waals surface area contributed by atoms with Gasteiger partial charge in [0.25, 0.3) is 0 Å². The molecule has 102 valence electrons. The van der Waals surface area contributed by atoms with Crippen LogP contribution in [0.5, 0.6) is 0 Å². The molecule has 0 radical (unpaired) electrons. The van der Waals surface area contributed by atoms with Crippen molar-refractivity contribution in [2.45, 2.75) is 38.9 Å². The Bertz CT molecular complexity index is 558. The maximum Gasteiger partial charge on any atom is 0.0391 e. The first-order valence-corrected chi connectivity index (χ1v) is 8.73. The predicted octanol–water partition coefficient (Wildman–Crippen LogP) is 5.91. The Morgan fingerprint density at radius 2 is 1.89 bits per heavy atom. The molecule has 0 N–H and O–H groups in total. The van der Waals surface area contributed by atoms with Gasteiger partial charge in [0.05, 0.1) is 0 Å². The third-order valence-corrected chi connectivity index (χ3v) is 6.92. The summed E-state index contributed by atoms with van der Waals surface area (Å²) >= 11 is 7.54. The highest BCUT2D eigenvalue weighted by atomic mass is 79.9. The lowest BCUT2D eigenvalue weighted by atomic mass is 9.77. The van der Waals surface area contributed by atoms with Gasteiger partial charge in [0, 0.05) is 10.2 Å². The van der Waals surface area contributed by atoms with E-state index in [-0.39, 0.29) is 5.41 Å². The van der Waals surface area contributed by atoms with Crippen molar-refractivity contribution in [3.63, 3.8) is 0 Å². The minimum Gasteiger partial charge on any atom is -0.0839 e. The third-order valence-electron chi connectivity index (χ3n) is 4.81. The van der Waals surface area contributed by atoms with Crippen LogP contribution >= 0.6 is 31.9 Å². The smallest absolute Gasteiger partial charge is 0.0391 e. The average Bonchev–Trinajstić information content (AvgIpc) is 2.52. The van der Waals surface area contributed by atoms with Crippen LogP contribution in [-0.2, 0) is 0 Å². The van der Waals surface area contributed by atoms with Crippen molar-refractivity contribution in [3.05, 3.63) is 45.0 Å². The Morgan fingerprint density at radius 3 is 2.58 bits per heavy atom. The van der Waals surface area contributed by atoms with E-state index in [0.717, 1.165) is 0 Å². The first kappa shape index (κ1) is 13.9. The summed E-state index contributed by atoms with van der Waals surface area (Å²) in [7, 11) is 0. The molecule has 0 saturated carbocycles. The normalized spacial score (nSPS) is 36.3. The standard InChI is InChI=1S/C17H20Br2/c1-9-5-11-12-6-10(2)16(19)8-14(12)17(3,4)13(11)7-15(9)18/h5,7-10,15H,6H2,1-4H3. The van der Waals surface area contributed by atoms with E-state index in [4.69, 9.17) is 0 Å². The first-order chi connectivity index (χ1) is 8.82. The summed E-state index contributed by atoms with van der Waals surface area (Å²) in [6.45, 7) is 9.32. The van der Waals surface area contributed by atoms with Gasteiger partial charge in [-0.1, -0.05) is 71.7 Å². The van der Waals surface area contributed by atoms with Crippen LogP contribution in [0, 0.1) is 17.3 Å². The van der Waals surface area contributed by atoms with Crippen molar-refractivity contribution < 1.29 is 0 Å². The number of allylic oxidation sites excluding steroid dienone is 8. The zero-order valence-corrected chi connectivity index (χ0v) is 15.1. The van der Waals surface area contributed by atoms with Crippen LogP contribution in [0.15, 0.2) is 45.0 Å². The molecule has 3 atom stereocenters. The van der Waals surface area contributed by atoms with Gasteiger partial charge in [-0.25, -0.2) is 0 Å². The molecule has 0 heterocycles. The van der Waals surface area contributed by atoms with E-state index in [1.54, 1.807) is 5.57 Å². The molecule has 0 nitrogen and oxygen atoms in total. The summed E-state index contributed by atoms with van der Waals surface area (Å²) in [5, 5.41) is 0. The van der Waals surface area contributed by atoms with Crippen molar-refractivity contribution >= 4 is 31.9 Å². The summed E-state index contributed by atoms with van der Waals surface area (Å²) in [5.41, 5.74) is 6.28. The van der Waals surface area contributed by atoms with E-state index in [9.17, 15) is 0 Å². The highest BCUT2D eigenvalue weighted by Gasteiger charge is 2.43. The zero-order valence-electron chi connectivity index (χ0n) is 11.9. The molecular formula is C17H20Br2. The summed E-state index contributed by atoms with van der Waals surface area (Å²) in [6.07, 6.45) is 8.44. The summed E-state index contributed by atoms with van der Waals surface area (Å²) in [4.78, 5) is 0.469. The van der Waals surface area contributed by atoms with Crippen LogP contribution in [0.2, 0.25) is 0 Å². The second-order valence-corrected chi connectivity index (χ2v) is 8.59. The summed E-state index contributed by atoms with van der Waals surface area (Å²) in [6, 6.07) is 0. The first-order valence-electron chi connectivity index (χ1n) is 7.02. The Labute approximate surface area is 133 Å². The lowest BCUT2D eigenvalue weighted by Gasteiger charge is -2.28. The number of rotatable bonds is 0. The fraction of sp³-hybridized carbons (Fsp3) is 0.529. The molecule has 0 amide bonds. The number of hydrogen-bond acceptors (Lipinski definition) is 0. The summed E-state index contributed by atoms with van der Waals surface area (Å²) < 4.78 is 1.35. The molecule has 2 heteroatoms. The SMILES string of the molecule is CC1CC2=C(C=C1Br)C(C)(C)C1=CC(Br)C(C)C=C12. The van der Waals surface area contributed by atoms with E-state index in [0.29, 0.717) is 16.7 Å². The van der Waals surface area contributed by atoms with Gasteiger partial charge in [0.1, 0.15) is 0 Å². The van der Waals surface area contributed by atoms with Crippen LogP contribution in [0.3, 0.4) is 0 Å². The quantitative estimate of drug-likeness (QED) is 0.456. The lowest BCUT2D eigenvalue weighted by molar-refractivity contribution is 0.561. The van der Waals surface area contributed by atoms with E-state index < -0.39 is 0 Å². The molecule has 0 aliphatic heterocycles. The molecule has 19 heavy (non-hydrogen) atoms. The van der Waals surface area contributed by atoms with Gasteiger partial charge in [-0.05, 0) is 51.1 Å². The maximum atomic E-state index is 3.80. The largest absolute Gasteiger partial charge is 0.0839 e. The molecule has 0 fully saturated rings. The van der Waals surface area contributed by atoms with Crippen LogP contribution in [0.1, 0.15) is 34.1 Å². The Hall–Kier alpha value is -0.0800. The minimum atomic E-state index is 0.145. The molecule has 0 saturated heterocycles. The molecule has 3 aliphatic carbocycles. The van der Waals surface area contributed by atoms with Gasteiger partial charge in [-0.2, -0.15) is 0 Å². The van der Waals surface area contributed by atoms with Crippen molar-refractivity contribution in [2.75, 3.05) is 0 Å². The third kappa shape index (κ3) is 1.98. The number of alkyl halides is 1. The fourth-order valence-corrected chi connectivity index (χ4v) is 4.30. The van der Waals surface area contributed by atoms with E-state index >= 15 is 0 Å². The second kappa shape index (κ2) is 4.46. The van der Waals surface area contributed by atoms with Crippen molar-refractivity contribution in [3.8, 4) is 0 Å². The van der Waals surface area contributed by atoms with Crippen LogP contribution in [-0.4, -0.2) is 4.83 Å². The van der Waals surface area contributed by atoms with Gasteiger partial charge in [0.15, 0.2) is 0 Å². The molecule has 0 aromatic rings. The maximum absolute atomic E-state index is 3.80. The van der Waals surface area contributed by atoms with Gasteiger partial charge in [-0.3, -0.25) is 0 Å². The van der Waals surface area contributed by atoms with Gasteiger partial charge in [-0.15, -0.1) is 0 Å². The topological polar surface area (TPSA) is 0 Å². The molecule has 3 unspecified atom stereocenters. The highest BCUT2D eigenvalue weighted by molar-refractivity contribution is 9.11. The van der Waals surface area contributed by atoms with Crippen LogP contribution in [0.4, 0.5) is 0 Å². The van der Waals surface area contributed by atoms with Crippen molar-refractivity contribution in [1.82, 2.24) is 0 Å². The monoisotopic (exact) mass is 382 g/mol. The Kier molecular flexibility index (Phi) is 3.26. The second-order valence-electron chi connectivity index (χ2n) is 6.62. The molecule has 0 spiro atoms. The Balaban J connectivity index is 2.18. The highest BCUT2D eigenvalue weighted by Crippen LogP contribution is 2.57. The van der Waals surface area contributed by atoms with Gasteiger partial charge in [0.2, 0.25) is 0 Å². The molecule has 3 aliphatic rings. The molecular weight excluding hydrogens is 364 g/mol. The number of fused-ring (bicyclic) bond motifs is 2. The number of halogens is 2. The van der Waals surface area contributed by atoms with E-state index in [1.807, 2.05) is 0 Å². The molecule has 0 bridgehead atoms. The fourth-order valence-electron chi connectivity index (χ4n) is 3.49. The van der Waals surface area contributed by atoms with Crippen molar-refractivity contribution in [2.24, 2.45) is 17.3 Å². The molecule has 3 rings (SSSR count). The zero-order chi connectivity index (χ0) is 13.9. The van der Waals surface area contributed by atoms with E-state index in [1.165, 1.54) is 27.6 Å². The molecule has 0 aromatic heterocycles. The predicted molar refractivity (Wildman–Crippen MR) is 89.6 cm³/mol. The van der Waals surface area contributed by atoms with E-state index in [2.05, 4.69) is 77.8 Å². The van der Waals surface area contributed by atoms with Crippen LogP contribution < -0.4 is 0 Å². The van der Waals surface area contributed by atoms with Crippen molar-refractivity contribution in [1.29, 1.82) is 0 Å². The number of hydrogen-bond donors (Lipinski definition) is 0. The minimum absolute atomic E-state index is 0.145. The van der Waals surface area contributed by atoms with Crippen LogP contribution in [0.25, 0.3) is 0 Å². The van der Waals surface area contributed by atoms with Gasteiger partial charge < -0.3 is 0 Å². The van der Waals surface area contributed by atoms with Gasteiger partial charge >= 0.3 is 0 Å². The molecule has 0 aromatic carbocycles. The average molecular weight is 384 g/mol. The lowest BCUT2D eigenvalue weighted by Crippen LogP contribution is -2.19.